The Hall–Kier alpha value is -3.09. The number of amides is 2. The number of nitrogens with one attached hydrogen (secondary N) is 2. The molecule has 0 atom stereocenters. The lowest BCUT2D eigenvalue weighted by Gasteiger charge is -2.36. The molecule has 0 unspecified atom stereocenters. The van der Waals surface area contributed by atoms with Crippen LogP contribution in [0.5, 0.6) is 0 Å². The van der Waals surface area contributed by atoms with Crippen LogP contribution in [-0.4, -0.2) is 22.9 Å². The third kappa shape index (κ3) is 4.55. The van der Waals surface area contributed by atoms with Crippen molar-refractivity contribution >= 4 is 17.8 Å². The maximum absolute atomic E-state index is 12.2. The Morgan fingerprint density at radius 1 is 1.07 bits per heavy atom. The summed E-state index contributed by atoms with van der Waals surface area (Å²) in [5, 5.41) is 14.8. The van der Waals surface area contributed by atoms with Gasteiger partial charge in [0, 0.05) is 18.5 Å². The molecule has 0 radical (unpaired) electrons. The standard InChI is InChI=1S/C20H22N2O5/c23-17(11-20(19(25)26)7-3-8-20)21-12-14-4-1-5-15(10-14)18(24)22-13-16-6-2-9-27-16/h1-2,4-6,9-10H,3,7-8,11-13H2,(H,21,23)(H,22,24)(H,25,26). The fraction of sp³-hybridized carbons (Fsp3) is 0.350. The van der Waals surface area contributed by atoms with Crippen LogP contribution in [0.4, 0.5) is 0 Å². The van der Waals surface area contributed by atoms with Gasteiger partial charge in [0.05, 0.1) is 18.2 Å². The normalized spacial score (nSPS) is 14.8. The molecule has 3 rings (SSSR count). The van der Waals surface area contributed by atoms with E-state index < -0.39 is 11.4 Å². The fourth-order valence-corrected chi connectivity index (χ4v) is 3.15. The summed E-state index contributed by atoms with van der Waals surface area (Å²) < 4.78 is 5.17. The van der Waals surface area contributed by atoms with Gasteiger partial charge >= 0.3 is 5.97 Å². The van der Waals surface area contributed by atoms with E-state index in [2.05, 4.69) is 10.6 Å². The van der Waals surface area contributed by atoms with Gasteiger partial charge in [0.15, 0.2) is 0 Å². The zero-order valence-electron chi connectivity index (χ0n) is 14.9. The smallest absolute Gasteiger partial charge is 0.310 e. The monoisotopic (exact) mass is 370 g/mol. The molecule has 7 heteroatoms. The summed E-state index contributed by atoms with van der Waals surface area (Å²) in [7, 11) is 0. The Morgan fingerprint density at radius 3 is 2.52 bits per heavy atom. The predicted molar refractivity (Wildman–Crippen MR) is 96.7 cm³/mol. The number of rotatable bonds is 8. The summed E-state index contributed by atoms with van der Waals surface area (Å²) in [6, 6.07) is 10.5. The molecule has 0 saturated heterocycles. The number of carboxylic acid groups (broad SMARTS) is 1. The zero-order valence-corrected chi connectivity index (χ0v) is 14.9. The van der Waals surface area contributed by atoms with E-state index in [0.717, 1.165) is 12.0 Å². The summed E-state index contributed by atoms with van der Waals surface area (Å²) in [5.41, 5.74) is 0.346. The first kappa shape index (κ1) is 18.7. The van der Waals surface area contributed by atoms with Crippen molar-refractivity contribution < 1.29 is 23.9 Å². The van der Waals surface area contributed by atoms with Crippen molar-refractivity contribution in [2.45, 2.75) is 38.8 Å². The molecule has 0 bridgehead atoms. The highest BCUT2D eigenvalue weighted by molar-refractivity contribution is 5.94. The lowest BCUT2D eigenvalue weighted by atomic mass is 9.66. The van der Waals surface area contributed by atoms with Crippen molar-refractivity contribution in [1.82, 2.24) is 10.6 Å². The van der Waals surface area contributed by atoms with Gasteiger partial charge in [-0.1, -0.05) is 18.6 Å². The minimum Gasteiger partial charge on any atom is -0.481 e. The molecule has 1 fully saturated rings. The Labute approximate surface area is 156 Å². The number of hydrogen-bond acceptors (Lipinski definition) is 4. The molecule has 1 aromatic heterocycles. The summed E-state index contributed by atoms with van der Waals surface area (Å²) in [6.45, 7) is 0.540. The van der Waals surface area contributed by atoms with Gasteiger partial charge in [0.25, 0.3) is 5.91 Å². The van der Waals surface area contributed by atoms with Crippen LogP contribution in [0.3, 0.4) is 0 Å². The van der Waals surface area contributed by atoms with E-state index >= 15 is 0 Å². The average molecular weight is 370 g/mol. The van der Waals surface area contributed by atoms with Crippen LogP contribution in [0.25, 0.3) is 0 Å². The van der Waals surface area contributed by atoms with Gasteiger partial charge in [-0.05, 0) is 42.7 Å². The quantitative estimate of drug-likeness (QED) is 0.661. The highest BCUT2D eigenvalue weighted by Crippen LogP contribution is 2.44. The van der Waals surface area contributed by atoms with Gasteiger partial charge in [0.2, 0.25) is 5.91 Å². The average Bonchev–Trinajstić information content (AvgIpc) is 3.14. The van der Waals surface area contributed by atoms with Gasteiger partial charge in [-0.3, -0.25) is 14.4 Å². The van der Waals surface area contributed by atoms with Gasteiger partial charge in [-0.15, -0.1) is 0 Å². The van der Waals surface area contributed by atoms with Crippen LogP contribution in [0.2, 0.25) is 0 Å². The van der Waals surface area contributed by atoms with Crippen molar-refractivity contribution in [3.05, 3.63) is 59.5 Å². The lowest BCUT2D eigenvalue weighted by molar-refractivity contribution is -0.157. The Kier molecular flexibility index (Phi) is 5.59. The van der Waals surface area contributed by atoms with Crippen molar-refractivity contribution in [2.75, 3.05) is 0 Å². The van der Waals surface area contributed by atoms with E-state index in [9.17, 15) is 19.5 Å². The molecule has 1 aromatic carbocycles. The summed E-state index contributed by atoms with van der Waals surface area (Å²) in [6.07, 6.45) is 3.46. The molecular formula is C20H22N2O5. The van der Waals surface area contributed by atoms with Gasteiger partial charge in [0.1, 0.15) is 5.76 Å². The maximum Gasteiger partial charge on any atom is 0.310 e. The molecule has 2 aromatic rings. The van der Waals surface area contributed by atoms with E-state index in [4.69, 9.17) is 4.42 Å². The number of carbonyl (C=O) groups excluding carboxylic acids is 2. The van der Waals surface area contributed by atoms with Gasteiger partial charge in [-0.2, -0.15) is 0 Å². The highest BCUT2D eigenvalue weighted by atomic mass is 16.4. The molecule has 142 valence electrons. The molecule has 1 aliphatic rings. The van der Waals surface area contributed by atoms with Crippen LogP contribution < -0.4 is 10.6 Å². The SMILES string of the molecule is O=C(CC1(C(=O)O)CCC1)NCc1cccc(C(=O)NCc2ccco2)c1. The minimum absolute atomic E-state index is 0.00828. The minimum atomic E-state index is -0.905. The van der Waals surface area contributed by atoms with Gasteiger partial charge < -0.3 is 20.2 Å². The third-order valence-corrected chi connectivity index (χ3v) is 4.95. The number of carboxylic acids is 1. The molecular weight excluding hydrogens is 348 g/mol. The first-order valence-corrected chi connectivity index (χ1v) is 8.88. The first-order valence-electron chi connectivity index (χ1n) is 8.88. The fourth-order valence-electron chi connectivity index (χ4n) is 3.15. The van der Waals surface area contributed by atoms with E-state index in [-0.39, 0.29) is 24.8 Å². The Bertz CT molecular complexity index is 825. The second kappa shape index (κ2) is 8.07. The van der Waals surface area contributed by atoms with Crippen LogP contribution in [-0.2, 0) is 22.7 Å². The Morgan fingerprint density at radius 2 is 1.89 bits per heavy atom. The van der Waals surface area contributed by atoms with Crippen LogP contribution in [0.1, 0.15) is 47.4 Å². The topological polar surface area (TPSA) is 109 Å². The predicted octanol–water partition coefficient (Wildman–Crippen LogP) is 2.47. The summed E-state index contributed by atoms with van der Waals surface area (Å²) >= 11 is 0. The molecule has 0 aliphatic heterocycles. The Balaban J connectivity index is 1.52. The first-order chi connectivity index (χ1) is 13.0. The molecule has 1 aliphatic carbocycles. The molecule has 1 heterocycles. The summed E-state index contributed by atoms with van der Waals surface area (Å²) in [5.74, 6) is -0.766. The van der Waals surface area contributed by atoms with Crippen LogP contribution in [0, 0.1) is 5.41 Å². The number of benzene rings is 1. The van der Waals surface area contributed by atoms with Gasteiger partial charge in [-0.25, -0.2) is 0 Å². The molecule has 2 amide bonds. The second-order valence-corrected chi connectivity index (χ2v) is 6.85. The molecule has 7 nitrogen and oxygen atoms in total. The zero-order chi connectivity index (χ0) is 19.3. The maximum atomic E-state index is 12.2. The molecule has 27 heavy (non-hydrogen) atoms. The number of furan rings is 1. The molecule has 3 N–H and O–H groups in total. The number of carbonyl (C=O) groups is 3. The largest absolute Gasteiger partial charge is 0.481 e. The second-order valence-electron chi connectivity index (χ2n) is 6.85. The van der Waals surface area contributed by atoms with E-state index in [1.54, 1.807) is 42.7 Å². The lowest BCUT2D eigenvalue weighted by Crippen LogP contribution is -2.42. The number of hydrogen-bond donors (Lipinski definition) is 3. The van der Waals surface area contributed by atoms with Crippen molar-refractivity contribution in [1.29, 1.82) is 0 Å². The third-order valence-electron chi connectivity index (χ3n) is 4.95. The van der Waals surface area contributed by atoms with E-state index in [0.29, 0.717) is 30.7 Å². The van der Waals surface area contributed by atoms with Crippen LogP contribution in [0.15, 0.2) is 47.1 Å². The van der Waals surface area contributed by atoms with Crippen molar-refractivity contribution in [3.8, 4) is 0 Å². The van der Waals surface area contributed by atoms with E-state index in [1.165, 1.54) is 0 Å². The summed E-state index contributed by atoms with van der Waals surface area (Å²) in [4.78, 5) is 35.7. The van der Waals surface area contributed by atoms with Crippen molar-refractivity contribution in [2.24, 2.45) is 5.41 Å². The number of aliphatic carboxylic acids is 1. The van der Waals surface area contributed by atoms with Crippen LogP contribution >= 0.6 is 0 Å². The molecule has 0 spiro atoms. The molecule has 1 saturated carbocycles. The van der Waals surface area contributed by atoms with E-state index in [1.807, 2.05) is 0 Å². The highest BCUT2D eigenvalue weighted by Gasteiger charge is 2.45. The van der Waals surface area contributed by atoms with Crippen molar-refractivity contribution in [3.63, 3.8) is 0 Å².